The lowest BCUT2D eigenvalue weighted by atomic mass is 10.3. The van der Waals surface area contributed by atoms with E-state index in [1.165, 1.54) is 12.3 Å². The molecule has 0 aromatic carbocycles. The van der Waals surface area contributed by atoms with Gasteiger partial charge in [0, 0.05) is 6.07 Å². The van der Waals surface area contributed by atoms with Gasteiger partial charge in [0.1, 0.15) is 23.0 Å². The molecule has 0 saturated heterocycles. The van der Waals surface area contributed by atoms with Crippen LogP contribution in [-0.4, -0.2) is 22.5 Å². The van der Waals surface area contributed by atoms with E-state index in [1.54, 1.807) is 0 Å². The second-order valence-electron chi connectivity index (χ2n) is 2.80. The van der Waals surface area contributed by atoms with Crippen molar-refractivity contribution in [2.24, 2.45) is 5.73 Å². The van der Waals surface area contributed by atoms with E-state index < -0.39 is 0 Å². The summed E-state index contributed by atoms with van der Waals surface area (Å²) >= 11 is 0. The van der Waals surface area contributed by atoms with Crippen molar-refractivity contribution in [1.82, 2.24) is 4.98 Å². The number of aromatic hydroxyl groups is 1. The molecule has 1 aromatic heterocycles. The SMILES string of the molecule is CC.CCCOc1cnc(C(=N)N)c(O)c1. The van der Waals surface area contributed by atoms with Gasteiger partial charge in [-0.1, -0.05) is 20.8 Å². The molecule has 16 heavy (non-hydrogen) atoms. The Morgan fingerprint density at radius 2 is 2.19 bits per heavy atom. The highest BCUT2D eigenvalue weighted by atomic mass is 16.5. The average Bonchev–Trinajstić information content (AvgIpc) is 2.28. The topological polar surface area (TPSA) is 92.2 Å². The number of aromatic nitrogens is 1. The number of rotatable bonds is 4. The van der Waals surface area contributed by atoms with Gasteiger partial charge in [0.05, 0.1) is 12.8 Å². The highest BCUT2D eigenvalue weighted by Crippen LogP contribution is 2.20. The zero-order valence-corrected chi connectivity index (χ0v) is 9.95. The Labute approximate surface area is 95.8 Å². The third-order valence-corrected chi connectivity index (χ3v) is 1.57. The van der Waals surface area contributed by atoms with Gasteiger partial charge in [-0.25, -0.2) is 4.98 Å². The van der Waals surface area contributed by atoms with Crippen LogP contribution in [0.5, 0.6) is 11.5 Å². The lowest BCUT2D eigenvalue weighted by Crippen LogP contribution is -2.13. The molecular formula is C11H19N3O2. The van der Waals surface area contributed by atoms with Gasteiger partial charge in [-0.2, -0.15) is 0 Å². The molecule has 1 heterocycles. The summed E-state index contributed by atoms with van der Waals surface area (Å²) < 4.78 is 5.24. The van der Waals surface area contributed by atoms with E-state index in [0.29, 0.717) is 12.4 Å². The molecule has 0 unspecified atom stereocenters. The van der Waals surface area contributed by atoms with Crippen molar-refractivity contribution in [1.29, 1.82) is 5.41 Å². The second-order valence-corrected chi connectivity index (χ2v) is 2.80. The molecule has 1 aromatic rings. The fraction of sp³-hybridized carbons (Fsp3) is 0.455. The standard InChI is InChI=1S/C9H13N3O2.C2H6/c1-2-3-14-6-4-7(13)8(9(10)11)12-5-6;1-2/h4-5,13H,2-3H2,1H3,(H3,10,11);1-2H3. The number of nitrogens with two attached hydrogens (primary N) is 1. The number of ether oxygens (including phenoxy) is 1. The summed E-state index contributed by atoms with van der Waals surface area (Å²) in [5, 5.41) is 16.5. The van der Waals surface area contributed by atoms with Crippen molar-refractivity contribution in [3.63, 3.8) is 0 Å². The minimum Gasteiger partial charge on any atom is -0.505 e. The molecule has 0 bridgehead atoms. The summed E-state index contributed by atoms with van der Waals surface area (Å²) in [5.74, 6) is 0.0880. The third-order valence-electron chi connectivity index (χ3n) is 1.57. The number of hydrogen-bond acceptors (Lipinski definition) is 4. The summed E-state index contributed by atoms with van der Waals surface area (Å²) in [5.41, 5.74) is 5.26. The summed E-state index contributed by atoms with van der Waals surface area (Å²) in [6.45, 7) is 6.55. The predicted molar refractivity (Wildman–Crippen MR) is 64.1 cm³/mol. The fourth-order valence-electron chi connectivity index (χ4n) is 0.941. The van der Waals surface area contributed by atoms with E-state index >= 15 is 0 Å². The van der Waals surface area contributed by atoms with Crippen molar-refractivity contribution in [2.75, 3.05) is 6.61 Å². The molecule has 0 amide bonds. The molecular weight excluding hydrogens is 206 g/mol. The molecule has 0 saturated carbocycles. The maximum atomic E-state index is 9.40. The Hall–Kier alpha value is -1.78. The maximum Gasteiger partial charge on any atom is 0.148 e. The zero-order valence-electron chi connectivity index (χ0n) is 9.95. The van der Waals surface area contributed by atoms with Crippen molar-refractivity contribution < 1.29 is 9.84 Å². The first-order chi connectivity index (χ1) is 7.65. The minimum absolute atomic E-state index is 0.0776. The molecule has 0 aliphatic rings. The first-order valence-electron chi connectivity index (χ1n) is 5.31. The van der Waals surface area contributed by atoms with Gasteiger partial charge in [-0.15, -0.1) is 0 Å². The van der Waals surface area contributed by atoms with Gasteiger partial charge in [0.25, 0.3) is 0 Å². The monoisotopic (exact) mass is 225 g/mol. The molecule has 90 valence electrons. The van der Waals surface area contributed by atoms with Crippen LogP contribution >= 0.6 is 0 Å². The fourth-order valence-corrected chi connectivity index (χ4v) is 0.941. The summed E-state index contributed by atoms with van der Waals surface area (Å²) in [6.07, 6.45) is 2.32. The van der Waals surface area contributed by atoms with Crippen LogP contribution in [0.15, 0.2) is 12.3 Å². The molecule has 0 fully saturated rings. The molecule has 0 aliphatic carbocycles. The largest absolute Gasteiger partial charge is 0.505 e. The van der Waals surface area contributed by atoms with Crippen LogP contribution in [0.25, 0.3) is 0 Å². The van der Waals surface area contributed by atoms with Crippen LogP contribution in [0.1, 0.15) is 32.9 Å². The van der Waals surface area contributed by atoms with Gasteiger partial charge in [-0.3, -0.25) is 5.41 Å². The normalized spacial score (nSPS) is 8.94. The smallest absolute Gasteiger partial charge is 0.148 e. The number of nitrogens with zero attached hydrogens (tertiary/aromatic N) is 1. The van der Waals surface area contributed by atoms with Crippen LogP contribution < -0.4 is 10.5 Å². The van der Waals surface area contributed by atoms with Gasteiger partial charge >= 0.3 is 0 Å². The lowest BCUT2D eigenvalue weighted by molar-refractivity contribution is 0.314. The summed E-state index contributed by atoms with van der Waals surface area (Å²) in [4.78, 5) is 3.81. The van der Waals surface area contributed by atoms with E-state index in [-0.39, 0.29) is 17.3 Å². The number of pyridine rings is 1. The van der Waals surface area contributed by atoms with Gasteiger partial charge in [0.15, 0.2) is 0 Å². The van der Waals surface area contributed by atoms with E-state index in [4.69, 9.17) is 15.9 Å². The predicted octanol–water partition coefficient (Wildman–Crippen LogP) is 1.89. The number of nitrogen functional groups attached to an aromatic ring is 1. The number of amidine groups is 1. The van der Waals surface area contributed by atoms with E-state index in [9.17, 15) is 5.11 Å². The highest BCUT2D eigenvalue weighted by molar-refractivity contribution is 5.95. The number of hydrogen-bond donors (Lipinski definition) is 3. The molecule has 1 rings (SSSR count). The summed E-state index contributed by atoms with van der Waals surface area (Å²) in [6, 6.07) is 1.40. The summed E-state index contributed by atoms with van der Waals surface area (Å²) in [7, 11) is 0. The van der Waals surface area contributed by atoms with Gasteiger partial charge in [0.2, 0.25) is 0 Å². The van der Waals surface area contributed by atoms with Crippen molar-refractivity contribution >= 4 is 5.84 Å². The van der Waals surface area contributed by atoms with Crippen molar-refractivity contribution in [3.05, 3.63) is 18.0 Å². The average molecular weight is 225 g/mol. The lowest BCUT2D eigenvalue weighted by Gasteiger charge is -2.06. The first-order valence-corrected chi connectivity index (χ1v) is 5.31. The Morgan fingerprint density at radius 3 is 2.62 bits per heavy atom. The molecule has 0 atom stereocenters. The van der Waals surface area contributed by atoms with Crippen LogP contribution in [0.4, 0.5) is 0 Å². The van der Waals surface area contributed by atoms with Crippen LogP contribution in [0.2, 0.25) is 0 Å². The van der Waals surface area contributed by atoms with Crippen LogP contribution in [0.3, 0.4) is 0 Å². The first kappa shape index (κ1) is 14.2. The minimum atomic E-state index is -0.260. The molecule has 5 nitrogen and oxygen atoms in total. The van der Waals surface area contributed by atoms with E-state index in [0.717, 1.165) is 6.42 Å². The van der Waals surface area contributed by atoms with Gasteiger partial charge in [-0.05, 0) is 6.42 Å². The molecule has 0 radical (unpaired) electrons. The number of nitrogens with one attached hydrogen (secondary N) is 1. The quantitative estimate of drug-likeness (QED) is 0.539. The third kappa shape index (κ3) is 4.16. The maximum absolute atomic E-state index is 9.40. The van der Waals surface area contributed by atoms with E-state index in [2.05, 4.69) is 4.98 Å². The zero-order chi connectivity index (χ0) is 12.6. The molecule has 0 aliphatic heterocycles. The highest BCUT2D eigenvalue weighted by Gasteiger charge is 2.07. The Morgan fingerprint density at radius 1 is 1.56 bits per heavy atom. The van der Waals surface area contributed by atoms with Gasteiger partial charge < -0.3 is 15.6 Å². The Kier molecular flexibility index (Phi) is 6.67. The van der Waals surface area contributed by atoms with Crippen molar-refractivity contribution in [2.45, 2.75) is 27.2 Å². The molecule has 0 spiro atoms. The van der Waals surface area contributed by atoms with Crippen molar-refractivity contribution in [3.8, 4) is 11.5 Å². The Balaban J connectivity index is 0.00000106. The Bertz CT molecular complexity index is 340. The van der Waals surface area contributed by atoms with Crippen LogP contribution in [0, 0.1) is 5.41 Å². The molecule has 4 N–H and O–H groups in total. The molecule has 5 heteroatoms. The second kappa shape index (κ2) is 7.50. The van der Waals surface area contributed by atoms with Crippen LogP contribution in [-0.2, 0) is 0 Å². The van der Waals surface area contributed by atoms with E-state index in [1.807, 2.05) is 20.8 Å².